The molecule has 2 N–H and O–H groups in total. The zero-order chi connectivity index (χ0) is 15.6. The van der Waals surface area contributed by atoms with Gasteiger partial charge < -0.3 is 10.6 Å². The van der Waals surface area contributed by atoms with Crippen molar-refractivity contribution in [1.29, 1.82) is 0 Å². The number of guanidine groups is 1. The van der Waals surface area contributed by atoms with Crippen molar-refractivity contribution >= 4 is 29.9 Å². The summed E-state index contributed by atoms with van der Waals surface area (Å²) in [5, 5.41) is 6.63. The molecule has 5 heteroatoms. The van der Waals surface area contributed by atoms with Crippen LogP contribution in [0.1, 0.15) is 30.5 Å². The van der Waals surface area contributed by atoms with Gasteiger partial charge in [-0.3, -0.25) is 9.98 Å². The van der Waals surface area contributed by atoms with E-state index in [2.05, 4.69) is 57.9 Å². The van der Waals surface area contributed by atoms with E-state index in [1.165, 1.54) is 5.56 Å². The number of nitrogens with zero attached hydrogens (tertiary/aromatic N) is 2. The first kappa shape index (κ1) is 19.4. The molecular weight excluding hydrogens is 399 g/mol. The molecule has 0 saturated carbocycles. The summed E-state index contributed by atoms with van der Waals surface area (Å²) in [7, 11) is 1.79. The van der Waals surface area contributed by atoms with E-state index < -0.39 is 0 Å². The van der Waals surface area contributed by atoms with Gasteiger partial charge in [0.05, 0.1) is 12.2 Å². The summed E-state index contributed by atoms with van der Waals surface area (Å²) in [6.45, 7) is 3.81. The van der Waals surface area contributed by atoms with Crippen molar-refractivity contribution in [3.63, 3.8) is 0 Å². The van der Waals surface area contributed by atoms with E-state index in [1.54, 1.807) is 13.2 Å². The van der Waals surface area contributed by atoms with Gasteiger partial charge >= 0.3 is 0 Å². The van der Waals surface area contributed by atoms with Crippen LogP contribution < -0.4 is 10.6 Å². The molecular formula is C18H25IN4. The second-order valence-corrected chi connectivity index (χ2v) is 5.27. The van der Waals surface area contributed by atoms with Gasteiger partial charge in [0.2, 0.25) is 0 Å². The standard InChI is InChI=1S/C18H24N4.HI/c1-15(16-8-4-3-5-9-16)11-13-21-18(19-2)22-14-17-10-6-7-12-20-17;/h3-10,12,15H,11,13-14H2,1-2H3,(H2,19,21,22);1H. The monoisotopic (exact) mass is 424 g/mol. The Morgan fingerprint density at radius 3 is 2.48 bits per heavy atom. The van der Waals surface area contributed by atoms with Gasteiger partial charge in [0, 0.05) is 19.8 Å². The third kappa shape index (κ3) is 6.99. The average Bonchev–Trinajstić information content (AvgIpc) is 2.59. The first-order valence-corrected chi connectivity index (χ1v) is 7.69. The molecule has 2 rings (SSSR count). The first-order chi connectivity index (χ1) is 10.8. The largest absolute Gasteiger partial charge is 0.356 e. The van der Waals surface area contributed by atoms with Gasteiger partial charge in [-0.25, -0.2) is 0 Å². The van der Waals surface area contributed by atoms with Crippen molar-refractivity contribution in [2.75, 3.05) is 13.6 Å². The number of rotatable bonds is 6. The van der Waals surface area contributed by atoms with Crippen LogP contribution in [0.4, 0.5) is 0 Å². The number of halogens is 1. The van der Waals surface area contributed by atoms with Crippen molar-refractivity contribution in [3.8, 4) is 0 Å². The summed E-state index contributed by atoms with van der Waals surface area (Å²) in [6, 6.07) is 16.5. The predicted octanol–water partition coefficient (Wildman–Crippen LogP) is 3.56. The summed E-state index contributed by atoms with van der Waals surface area (Å²) >= 11 is 0. The summed E-state index contributed by atoms with van der Waals surface area (Å²) in [6.07, 6.45) is 2.86. The van der Waals surface area contributed by atoms with E-state index in [4.69, 9.17) is 0 Å². The smallest absolute Gasteiger partial charge is 0.191 e. The predicted molar refractivity (Wildman–Crippen MR) is 107 cm³/mol. The minimum atomic E-state index is 0. The third-order valence-electron chi connectivity index (χ3n) is 3.63. The van der Waals surface area contributed by atoms with Crippen LogP contribution in [0.3, 0.4) is 0 Å². The topological polar surface area (TPSA) is 49.3 Å². The van der Waals surface area contributed by atoms with Crippen LogP contribution in [0.25, 0.3) is 0 Å². The second-order valence-electron chi connectivity index (χ2n) is 5.27. The quantitative estimate of drug-likeness (QED) is 0.424. The van der Waals surface area contributed by atoms with Crippen molar-refractivity contribution in [3.05, 3.63) is 66.0 Å². The van der Waals surface area contributed by atoms with Crippen LogP contribution in [-0.2, 0) is 6.54 Å². The summed E-state index contributed by atoms with van der Waals surface area (Å²) < 4.78 is 0. The van der Waals surface area contributed by atoms with Gasteiger partial charge in [0.25, 0.3) is 0 Å². The van der Waals surface area contributed by atoms with E-state index in [-0.39, 0.29) is 24.0 Å². The normalized spacial score (nSPS) is 12.2. The van der Waals surface area contributed by atoms with Crippen LogP contribution in [-0.4, -0.2) is 24.5 Å². The molecule has 0 radical (unpaired) electrons. The number of nitrogens with one attached hydrogen (secondary N) is 2. The summed E-state index contributed by atoms with van der Waals surface area (Å²) in [4.78, 5) is 8.53. The van der Waals surface area contributed by atoms with E-state index in [0.29, 0.717) is 12.5 Å². The number of aliphatic imine (C=N–C) groups is 1. The minimum Gasteiger partial charge on any atom is -0.356 e. The van der Waals surface area contributed by atoms with Crippen LogP contribution >= 0.6 is 24.0 Å². The Morgan fingerprint density at radius 1 is 1.09 bits per heavy atom. The number of hydrogen-bond acceptors (Lipinski definition) is 2. The summed E-state index contributed by atoms with van der Waals surface area (Å²) in [5.74, 6) is 1.34. The van der Waals surface area contributed by atoms with Crippen LogP contribution in [0.2, 0.25) is 0 Å². The number of benzene rings is 1. The van der Waals surface area contributed by atoms with Gasteiger partial charge in [-0.05, 0) is 30.0 Å². The Morgan fingerprint density at radius 2 is 1.83 bits per heavy atom. The Labute approximate surface area is 155 Å². The molecule has 0 aliphatic carbocycles. The molecule has 1 unspecified atom stereocenters. The van der Waals surface area contributed by atoms with E-state index in [0.717, 1.165) is 24.6 Å². The molecule has 0 spiro atoms. The molecule has 0 fully saturated rings. The van der Waals surface area contributed by atoms with Gasteiger partial charge in [0.1, 0.15) is 0 Å². The lowest BCUT2D eigenvalue weighted by Gasteiger charge is -2.15. The molecule has 4 nitrogen and oxygen atoms in total. The fourth-order valence-corrected chi connectivity index (χ4v) is 2.25. The maximum Gasteiger partial charge on any atom is 0.191 e. The highest BCUT2D eigenvalue weighted by atomic mass is 127. The molecule has 1 aromatic heterocycles. The lowest BCUT2D eigenvalue weighted by atomic mass is 9.98. The van der Waals surface area contributed by atoms with Gasteiger partial charge in [-0.1, -0.05) is 43.3 Å². The molecule has 1 atom stereocenters. The van der Waals surface area contributed by atoms with Crippen LogP contribution in [0.15, 0.2) is 59.7 Å². The molecule has 0 aliphatic heterocycles. The van der Waals surface area contributed by atoms with Crippen molar-refractivity contribution in [2.45, 2.75) is 25.8 Å². The molecule has 1 aromatic carbocycles. The SMILES string of the molecule is CN=C(NCCC(C)c1ccccc1)NCc1ccccn1.I. The van der Waals surface area contributed by atoms with Crippen molar-refractivity contribution < 1.29 is 0 Å². The maximum absolute atomic E-state index is 4.29. The number of aromatic nitrogens is 1. The van der Waals surface area contributed by atoms with E-state index >= 15 is 0 Å². The van der Waals surface area contributed by atoms with Crippen molar-refractivity contribution in [2.24, 2.45) is 4.99 Å². The molecule has 23 heavy (non-hydrogen) atoms. The van der Waals surface area contributed by atoms with E-state index in [1.807, 2.05) is 18.2 Å². The number of pyridine rings is 1. The lowest BCUT2D eigenvalue weighted by Crippen LogP contribution is -2.37. The zero-order valence-corrected chi connectivity index (χ0v) is 16.0. The van der Waals surface area contributed by atoms with Gasteiger partial charge in [-0.2, -0.15) is 0 Å². The van der Waals surface area contributed by atoms with Gasteiger partial charge in [0.15, 0.2) is 5.96 Å². The molecule has 2 aromatic rings. The Bertz CT molecular complexity index is 572. The average molecular weight is 424 g/mol. The van der Waals surface area contributed by atoms with Gasteiger partial charge in [-0.15, -0.1) is 24.0 Å². The molecule has 0 saturated heterocycles. The Balaban J connectivity index is 0.00000264. The minimum absolute atomic E-state index is 0. The third-order valence-corrected chi connectivity index (χ3v) is 3.63. The molecule has 124 valence electrons. The highest BCUT2D eigenvalue weighted by Crippen LogP contribution is 2.17. The second kappa shape index (κ2) is 11.0. The maximum atomic E-state index is 4.29. The van der Waals surface area contributed by atoms with Crippen molar-refractivity contribution in [1.82, 2.24) is 15.6 Å². The van der Waals surface area contributed by atoms with E-state index in [9.17, 15) is 0 Å². The lowest BCUT2D eigenvalue weighted by molar-refractivity contribution is 0.651. The van der Waals surface area contributed by atoms with Crippen LogP contribution in [0, 0.1) is 0 Å². The highest BCUT2D eigenvalue weighted by molar-refractivity contribution is 14.0. The fraction of sp³-hybridized carbons (Fsp3) is 0.333. The fourth-order valence-electron chi connectivity index (χ4n) is 2.25. The zero-order valence-electron chi connectivity index (χ0n) is 13.7. The molecule has 0 amide bonds. The number of hydrogen-bond donors (Lipinski definition) is 2. The summed E-state index contributed by atoms with van der Waals surface area (Å²) in [5.41, 5.74) is 2.38. The highest BCUT2D eigenvalue weighted by Gasteiger charge is 2.05. The molecule has 0 bridgehead atoms. The molecule has 0 aliphatic rings. The Kier molecular flexibility index (Phi) is 9.28. The Hall–Kier alpha value is -1.63. The first-order valence-electron chi connectivity index (χ1n) is 7.69. The molecule has 1 heterocycles. The van der Waals surface area contributed by atoms with Crippen LogP contribution in [0.5, 0.6) is 0 Å².